The van der Waals surface area contributed by atoms with Crippen molar-refractivity contribution < 1.29 is 33.4 Å². The van der Waals surface area contributed by atoms with E-state index in [1.54, 1.807) is 17.0 Å². The summed E-state index contributed by atoms with van der Waals surface area (Å²) >= 11 is 0. The summed E-state index contributed by atoms with van der Waals surface area (Å²) in [5, 5.41) is 2.21. The minimum absolute atomic E-state index is 0.0928. The van der Waals surface area contributed by atoms with Crippen LogP contribution in [0.4, 0.5) is 10.5 Å². The Labute approximate surface area is 227 Å². The van der Waals surface area contributed by atoms with Crippen molar-refractivity contribution in [3.05, 3.63) is 29.3 Å². The number of anilines is 1. The average Bonchev–Trinajstić information content (AvgIpc) is 3.09. The first-order chi connectivity index (χ1) is 18.5. The molecule has 0 bridgehead atoms. The molecule has 4 aliphatic rings. The number of likely N-dealkylation sites (tertiary alicyclic amines) is 1. The molecule has 0 aliphatic carbocycles. The number of hydrogen-bond donors (Lipinski definition) is 1. The predicted octanol–water partition coefficient (Wildman–Crippen LogP) is 2.33. The molecule has 11 heteroatoms. The molecule has 1 unspecified atom stereocenters. The summed E-state index contributed by atoms with van der Waals surface area (Å²) in [6.07, 6.45) is 2.91. The molecule has 5 rings (SSSR count). The van der Waals surface area contributed by atoms with Gasteiger partial charge in [0.25, 0.3) is 11.8 Å². The molecule has 1 atom stereocenters. The van der Waals surface area contributed by atoms with Crippen molar-refractivity contribution in [2.45, 2.75) is 70.6 Å². The van der Waals surface area contributed by atoms with Crippen molar-refractivity contribution in [1.29, 1.82) is 0 Å². The second-order valence-electron chi connectivity index (χ2n) is 11.8. The minimum atomic E-state index is -0.968. The highest BCUT2D eigenvalue weighted by Crippen LogP contribution is 2.32. The van der Waals surface area contributed by atoms with Gasteiger partial charge in [-0.2, -0.15) is 0 Å². The van der Waals surface area contributed by atoms with E-state index in [1.165, 1.54) is 0 Å². The lowest BCUT2D eigenvalue weighted by molar-refractivity contribution is -0.136. The van der Waals surface area contributed by atoms with Gasteiger partial charge in [0.1, 0.15) is 11.6 Å². The zero-order valence-corrected chi connectivity index (χ0v) is 22.7. The molecule has 3 saturated heterocycles. The summed E-state index contributed by atoms with van der Waals surface area (Å²) in [7, 11) is 0. The lowest BCUT2D eigenvalue weighted by atomic mass is 9.94. The normalized spacial score (nSPS) is 22.6. The molecule has 4 aliphatic heterocycles. The first-order valence-corrected chi connectivity index (χ1v) is 13.7. The largest absolute Gasteiger partial charge is 0.444 e. The van der Waals surface area contributed by atoms with Crippen LogP contribution in [0.25, 0.3) is 0 Å². The number of carbonyl (C=O) groups excluding carboxylic acids is 5. The maximum absolute atomic E-state index is 13.1. The van der Waals surface area contributed by atoms with Gasteiger partial charge >= 0.3 is 6.09 Å². The summed E-state index contributed by atoms with van der Waals surface area (Å²) in [6.45, 7) is 9.07. The fourth-order valence-corrected chi connectivity index (χ4v) is 5.54. The molecule has 11 nitrogen and oxygen atoms in total. The molecule has 39 heavy (non-hydrogen) atoms. The van der Waals surface area contributed by atoms with Gasteiger partial charge in [0, 0.05) is 44.9 Å². The smallest absolute Gasteiger partial charge is 0.410 e. The summed E-state index contributed by atoms with van der Waals surface area (Å²) in [5.74, 6) is -1.49. The number of carbonyl (C=O) groups is 5. The minimum Gasteiger partial charge on any atom is -0.444 e. The van der Waals surface area contributed by atoms with E-state index in [9.17, 15) is 24.0 Å². The Bertz CT molecular complexity index is 1180. The highest BCUT2D eigenvalue weighted by molar-refractivity contribution is 6.23. The van der Waals surface area contributed by atoms with Gasteiger partial charge in [0.2, 0.25) is 11.8 Å². The third-order valence-corrected chi connectivity index (χ3v) is 7.78. The summed E-state index contributed by atoms with van der Waals surface area (Å²) < 4.78 is 11.5. The average molecular weight is 541 g/mol. The molecule has 5 amide bonds. The Morgan fingerprint density at radius 2 is 1.69 bits per heavy atom. The molecule has 1 aromatic carbocycles. The summed E-state index contributed by atoms with van der Waals surface area (Å²) in [6, 6.07) is 4.18. The van der Waals surface area contributed by atoms with Crippen molar-refractivity contribution in [2.24, 2.45) is 5.92 Å². The van der Waals surface area contributed by atoms with E-state index in [1.807, 2.05) is 26.8 Å². The second-order valence-corrected chi connectivity index (χ2v) is 11.8. The van der Waals surface area contributed by atoms with E-state index in [0.29, 0.717) is 38.7 Å². The topological polar surface area (TPSA) is 126 Å². The lowest BCUT2D eigenvalue weighted by Crippen LogP contribution is -2.54. The van der Waals surface area contributed by atoms with Gasteiger partial charge < -0.3 is 19.3 Å². The van der Waals surface area contributed by atoms with Gasteiger partial charge in [-0.15, -0.1) is 0 Å². The number of hydrogen-bond acceptors (Lipinski definition) is 8. The molecule has 1 N–H and O–H groups in total. The molecule has 0 aromatic heterocycles. The Hall–Kier alpha value is -3.47. The number of nitrogens with zero attached hydrogens (tertiary/aromatic N) is 3. The fraction of sp³-hybridized carbons (Fsp3) is 0.607. The quantitative estimate of drug-likeness (QED) is 0.545. The van der Waals surface area contributed by atoms with E-state index in [-0.39, 0.29) is 36.2 Å². The summed E-state index contributed by atoms with van der Waals surface area (Å²) in [5.41, 5.74) is 0.902. The number of piperidine rings is 2. The Morgan fingerprint density at radius 3 is 2.36 bits per heavy atom. The predicted molar refractivity (Wildman–Crippen MR) is 140 cm³/mol. The number of nitrogens with one attached hydrogen (secondary N) is 1. The van der Waals surface area contributed by atoms with E-state index >= 15 is 0 Å². The highest BCUT2D eigenvalue weighted by atomic mass is 16.6. The molecule has 0 spiro atoms. The SMILES string of the molecule is CC(C)(C)OC(=O)N1CCC(CCOC2CN(c3ccc4c(c3)C(=O)N(C3CCC(=O)NC3=O)C4=O)C2)CC1. The molecular weight excluding hydrogens is 504 g/mol. The van der Waals surface area contributed by atoms with Crippen LogP contribution in [0.5, 0.6) is 0 Å². The van der Waals surface area contributed by atoms with Crippen LogP contribution < -0.4 is 10.2 Å². The highest BCUT2D eigenvalue weighted by Gasteiger charge is 2.45. The fourth-order valence-electron chi connectivity index (χ4n) is 5.54. The van der Waals surface area contributed by atoms with Crippen LogP contribution in [0.1, 0.15) is 73.6 Å². The van der Waals surface area contributed by atoms with Crippen molar-refractivity contribution in [1.82, 2.24) is 15.1 Å². The van der Waals surface area contributed by atoms with Crippen LogP contribution in [-0.4, -0.2) is 90.1 Å². The number of rotatable bonds is 6. The van der Waals surface area contributed by atoms with Gasteiger partial charge in [0.15, 0.2) is 0 Å². The number of amides is 5. The first kappa shape index (κ1) is 27.1. The van der Waals surface area contributed by atoms with Crippen LogP contribution in [0, 0.1) is 5.92 Å². The summed E-state index contributed by atoms with van der Waals surface area (Å²) in [4.78, 5) is 66.8. The lowest BCUT2D eigenvalue weighted by Gasteiger charge is -2.41. The molecule has 4 heterocycles. The standard InChI is InChI=1S/C28H36N4O7/c1-28(2,3)39-27(37)30-11-8-17(9-12-30)10-13-38-19-15-31(16-19)18-4-5-20-21(14-18)26(36)32(25(20)35)22-6-7-23(33)29-24(22)34/h4-5,14,17,19,22H,6-13,15-16H2,1-3H3,(H,29,33,34). The monoisotopic (exact) mass is 540 g/mol. The molecular formula is C28H36N4O7. The van der Waals surface area contributed by atoms with Crippen molar-refractivity contribution in [3.63, 3.8) is 0 Å². The van der Waals surface area contributed by atoms with E-state index in [2.05, 4.69) is 10.2 Å². The first-order valence-electron chi connectivity index (χ1n) is 13.7. The maximum Gasteiger partial charge on any atom is 0.410 e. The number of fused-ring (bicyclic) bond motifs is 1. The number of imide groups is 2. The van der Waals surface area contributed by atoms with Gasteiger partial charge in [-0.1, -0.05) is 0 Å². The van der Waals surface area contributed by atoms with Crippen LogP contribution in [0.15, 0.2) is 18.2 Å². The van der Waals surface area contributed by atoms with Gasteiger partial charge in [0.05, 0.1) is 17.2 Å². The van der Waals surface area contributed by atoms with E-state index < -0.39 is 35.3 Å². The van der Waals surface area contributed by atoms with Gasteiger partial charge in [-0.05, 0) is 70.6 Å². The van der Waals surface area contributed by atoms with Crippen molar-refractivity contribution in [3.8, 4) is 0 Å². The third-order valence-electron chi connectivity index (χ3n) is 7.78. The second kappa shape index (κ2) is 10.6. The molecule has 1 aromatic rings. The van der Waals surface area contributed by atoms with Crippen LogP contribution in [0.3, 0.4) is 0 Å². The Balaban J connectivity index is 1.06. The molecule has 210 valence electrons. The van der Waals surface area contributed by atoms with Crippen LogP contribution in [0.2, 0.25) is 0 Å². The number of benzene rings is 1. The number of ether oxygens (including phenoxy) is 2. The Morgan fingerprint density at radius 1 is 1.00 bits per heavy atom. The van der Waals surface area contributed by atoms with Gasteiger partial charge in [-0.25, -0.2) is 4.79 Å². The maximum atomic E-state index is 13.1. The van der Waals surface area contributed by atoms with Gasteiger partial charge in [-0.3, -0.25) is 29.4 Å². The van der Waals surface area contributed by atoms with Crippen molar-refractivity contribution >= 4 is 35.4 Å². The third kappa shape index (κ3) is 5.78. The zero-order chi connectivity index (χ0) is 27.9. The van der Waals surface area contributed by atoms with Crippen LogP contribution in [-0.2, 0) is 19.1 Å². The zero-order valence-electron chi connectivity index (χ0n) is 22.7. The van der Waals surface area contributed by atoms with E-state index in [4.69, 9.17) is 9.47 Å². The van der Waals surface area contributed by atoms with E-state index in [0.717, 1.165) is 29.8 Å². The molecule has 0 saturated carbocycles. The van der Waals surface area contributed by atoms with Crippen LogP contribution >= 0.6 is 0 Å². The molecule has 3 fully saturated rings. The molecule has 0 radical (unpaired) electrons. The Kier molecular flexibility index (Phi) is 7.37. The van der Waals surface area contributed by atoms with Crippen molar-refractivity contribution in [2.75, 3.05) is 37.7 Å².